The summed E-state index contributed by atoms with van der Waals surface area (Å²) in [6.07, 6.45) is 3.28. The number of benzene rings is 2. The monoisotopic (exact) mass is 472 g/mol. The van der Waals surface area contributed by atoms with Crippen molar-refractivity contribution in [2.45, 2.75) is 26.2 Å². The van der Waals surface area contributed by atoms with Crippen molar-refractivity contribution in [3.05, 3.63) is 99.3 Å². The quantitative estimate of drug-likeness (QED) is 0.415. The van der Waals surface area contributed by atoms with Gasteiger partial charge < -0.3 is 10.1 Å². The number of ketones is 1. The highest BCUT2D eigenvalue weighted by Gasteiger charge is 2.23. The van der Waals surface area contributed by atoms with Crippen molar-refractivity contribution in [2.24, 2.45) is 7.05 Å². The highest BCUT2D eigenvalue weighted by molar-refractivity contribution is 5.98. The van der Waals surface area contributed by atoms with E-state index in [4.69, 9.17) is 4.74 Å². The Bertz CT molecular complexity index is 1470. The molecule has 0 spiro atoms. The lowest BCUT2D eigenvalue weighted by atomic mass is 10.0. The SMILES string of the molecule is Cc1c(C(=O)Cc2ccc(Oc3ccnc4c3CCCN4)c(F)c2)c(=O)n(-c2ccccc2)n1C. The number of halogens is 1. The van der Waals surface area contributed by atoms with Gasteiger partial charge in [-0.3, -0.25) is 14.3 Å². The lowest BCUT2D eigenvalue weighted by molar-refractivity contribution is 0.0991. The molecular formula is C27H25FN4O3. The zero-order valence-corrected chi connectivity index (χ0v) is 19.5. The van der Waals surface area contributed by atoms with E-state index in [1.807, 2.05) is 18.2 Å². The molecule has 1 aliphatic rings. The summed E-state index contributed by atoms with van der Waals surface area (Å²) in [6.45, 7) is 2.58. The third-order valence-corrected chi connectivity index (χ3v) is 6.32. The summed E-state index contributed by atoms with van der Waals surface area (Å²) in [6, 6.07) is 15.3. The van der Waals surface area contributed by atoms with E-state index in [1.54, 1.807) is 49.1 Å². The molecule has 0 saturated carbocycles. The molecule has 7 nitrogen and oxygen atoms in total. The molecule has 5 rings (SSSR count). The first-order chi connectivity index (χ1) is 16.9. The van der Waals surface area contributed by atoms with Crippen molar-refractivity contribution >= 4 is 11.6 Å². The Hall–Kier alpha value is -4.20. The number of ether oxygens (including phenoxy) is 1. The predicted octanol–water partition coefficient (Wildman–Crippen LogP) is 4.59. The van der Waals surface area contributed by atoms with Gasteiger partial charge in [0.25, 0.3) is 5.56 Å². The Kier molecular flexibility index (Phi) is 5.94. The molecule has 8 heteroatoms. The molecule has 178 valence electrons. The zero-order valence-electron chi connectivity index (χ0n) is 19.5. The molecule has 3 heterocycles. The minimum Gasteiger partial charge on any atom is -0.454 e. The van der Waals surface area contributed by atoms with Gasteiger partial charge in [-0.25, -0.2) is 14.1 Å². The van der Waals surface area contributed by atoms with E-state index in [2.05, 4.69) is 10.3 Å². The molecule has 2 aromatic carbocycles. The summed E-state index contributed by atoms with van der Waals surface area (Å²) in [5.41, 5.74) is 2.33. The van der Waals surface area contributed by atoms with Gasteiger partial charge in [0.2, 0.25) is 0 Å². The van der Waals surface area contributed by atoms with Gasteiger partial charge in [-0.2, -0.15) is 0 Å². The number of para-hydroxylation sites is 1. The lowest BCUT2D eigenvalue weighted by Crippen LogP contribution is -2.23. The van der Waals surface area contributed by atoms with Crippen molar-refractivity contribution in [1.82, 2.24) is 14.3 Å². The van der Waals surface area contributed by atoms with Gasteiger partial charge >= 0.3 is 0 Å². The number of Topliss-reactive ketones (excluding diaryl/α,β-unsaturated/α-hetero) is 1. The summed E-state index contributed by atoms with van der Waals surface area (Å²) < 4.78 is 23.9. The number of fused-ring (bicyclic) bond motifs is 1. The van der Waals surface area contributed by atoms with Gasteiger partial charge in [0.15, 0.2) is 17.3 Å². The second-order valence-electron chi connectivity index (χ2n) is 8.57. The fourth-order valence-corrected chi connectivity index (χ4v) is 4.45. The standard InChI is InChI=1S/C27H25FN4O3/c1-17-25(27(34)32(31(17)2)19-7-4-3-5-8-19)22(33)16-18-10-11-24(21(28)15-18)35-23-12-14-30-26-20(23)9-6-13-29-26/h3-5,7-8,10-12,14-15H,6,9,13,16H2,1-2H3,(H,29,30). The number of aromatic nitrogens is 3. The summed E-state index contributed by atoms with van der Waals surface area (Å²) >= 11 is 0. The molecular weight excluding hydrogens is 447 g/mol. The molecule has 0 bridgehead atoms. The van der Waals surface area contributed by atoms with E-state index in [0.717, 1.165) is 30.8 Å². The third-order valence-electron chi connectivity index (χ3n) is 6.32. The first-order valence-corrected chi connectivity index (χ1v) is 11.5. The van der Waals surface area contributed by atoms with Crippen molar-refractivity contribution in [3.63, 3.8) is 0 Å². The number of hydrogen-bond acceptors (Lipinski definition) is 5. The van der Waals surface area contributed by atoms with Crippen molar-refractivity contribution < 1.29 is 13.9 Å². The maximum Gasteiger partial charge on any atom is 0.282 e. The first-order valence-electron chi connectivity index (χ1n) is 11.5. The largest absolute Gasteiger partial charge is 0.454 e. The number of hydrogen-bond donors (Lipinski definition) is 1. The summed E-state index contributed by atoms with van der Waals surface area (Å²) in [7, 11) is 1.74. The number of carbonyl (C=O) groups is 1. The Labute approximate surface area is 201 Å². The van der Waals surface area contributed by atoms with Crippen LogP contribution in [-0.2, 0) is 19.9 Å². The van der Waals surface area contributed by atoms with Crippen LogP contribution in [0.5, 0.6) is 11.5 Å². The van der Waals surface area contributed by atoms with Gasteiger partial charge in [0, 0.05) is 37.5 Å². The number of nitrogens with one attached hydrogen (secondary N) is 1. The minimum absolute atomic E-state index is 0.0718. The van der Waals surface area contributed by atoms with Crippen LogP contribution >= 0.6 is 0 Å². The van der Waals surface area contributed by atoms with Gasteiger partial charge in [0.1, 0.15) is 17.1 Å². The topological polar surface area (TPSA) is 78.2 Å². The maximum absolute atomic E-state index is 14.9. The molecule has 0 unspecified atom stereocenters. The fraction of sp³-hybridized carbons (Fsp3) is 0.222. The van der Waals surface area contributed by atoms with E-state index >= 15 is 0 Å². The Morgan fingerprint density at radius 1 is 1.14 bits per heavy atom. The van der Waals surface area contributed by atoms with Crippen molar-refractivity contribution in [1.29, 1.82) is 0 Å². The molecule has 1 N–H and O–H groups in total. The highest BCUT2D eigenvalue weighted by atomic mass is 19.1. The number of rotatable bonds is 6. The minimum atomic E-state index is -0.573. The van der Waals surface area contributed by atoms with Gasteiger partial charge in [0.05, 0.1) is 5.69 Å². The van der Waals surface area contributed by atoms with E-state index in [9.17, 15) is 14.0 Å². The zero-order chi connectivity index (χ0) is 24.5. The van der Waals surface area contributed by atoms with Crippen molar-refractivity contribution in [2.75, 3.05) is 11.9 Å². The summed E-state index contributed by atoms with van der Waals surface area (Å²) in [5, 5.41) is 3.22. The van der Waals surface area contributed by atoms with Crippen LogP contribution in [-0.4, -0.2) is 26.7 Å². The van der Waals surface area contributed by atoms with Gasteiger partial charge in [-0.1, -0.05) is 24.3 Å². The van der Waals surface area contributed by atoms with Crippen LogP contribution in [0.15, 0.2) is 65.6 Å². The normalized spacial score (nSPS) is 12.7. The number of carbonyl (C=O) groups excluding carboxylic acids is 1. The number of anilines is 1. The van der Waals surface area contributed by atoms with Crippen molar-refractivity contribution in [3.8, 4) is 17.2 Å². The van der Waals surface area contributed by atoms with Crippen LogP contribution in [0, 0.1) is 12.7 Å². The lowest BCUT2D eigenvalue weighted by Gasteiger charge is -2.19. The second kappa shape index (κ2) is 9.21. The fourth-order valence-electron chi connectivity index (χ4n) is 4.45. The average Bonchev–Trinajstić information content (AvgIpc) is 3.09. The Balaban J connectivity index is 1.38. The average molecular weight is 473 g/mol. The van der Waals surface area contributed by atoms with E-state index < -0.39 is 11.4 Å². The molecule has 0 atom stereocenters. The molecule has 35 heavy (non-hydrogen) atoms. The van der Waals surface area contributed by atoms with Crippen LogP contribution < -0.4 is 15.6 Å². The Morgan fingerprint density at radius 3 is 2.71 bits per heavy atom. The molecule has 0 amide bonds. The third kappa shape index (κ3) is 4.23. The summed E-state index contributed by atoms with van der Waals surface area (Å²) in [4.78, 5) is 30.5. The molecule has 0 aliphatic carbocycles. The van der Waals surface area contributed by atoms with E-state index in [1.165, 1.54) is 16.8 Å². The molecule has 4 aromatic rings. The highest BCUT2D eigenvalue weighted by Crippen LogP contribution is 2.33. The maximum atomic E-state index is 14.9. The first kappa shape index (κ1) is 22.6. The van der Waals surface area contributed by atoms with E-state index in [-0.39, 0.29) is 23.5 Å². The van der Waals surface area contributed by atoms with Crippen LogP contribution in [0.2, 0.25) is 0 Å². The molecule has 0 fully saturated rings. The molecule has 0 saturated heterocycles. The van der Waals surface area contributed by atoms with Crippen LogP contribution in [0.1, 0.15) is 33.6 Å². The summed E-state index contributed by atoms with van der Waals surface area (Å²) in [5.74, 6) is 0.459. The number of pyridine rings is 1. The molecule has 1 aliphatic heterocycles. The van der Waals surface area contributed by atoms with Crippen LogP contribution in [0.3, 0.4) is 0 Å². The van der Waals surface area contributed by atoms with Gasteiger partial charge in [-0.15, -0.1) is 0 Å². The van der Waals surface area contributed by atoms with Crippen LogP contribution in [0.25, 0.3) is 5.69 Å². The Morgan fingerprint density at radius 2 is 1.94 bits per heavy atom. The van der Waals surface area contributed by atoms with E-state index in [0.29, 0.717) is 22.7 Å². The van der Waals surface area contributed by atoms with Gasteiger partial charge in [-0.05, 0) is 55.7 Å². The molecule has 2 aromatic heterocycles. The predicted molar refractivity (Wildman–Crippen MR) is 131 cm³/mol. The molecule has 0 radical (unpaired) electrons. The smallest absolute Gasteiger partial charge is 0.282 e. The number of nitrogens with zero attached hydrogens (tertiary/aromatic N) is 3. The van der Waals surface area contributed by atoms with Crippen LogP contribution in [0.4, 0.5) is 10.2 Å². The second-order valence-corrected chi connectivity index (χ2v) is 8.57.